The first-order valence-electron chi connectivity index (χ1n) is 12.1. The average Bonchev–Trinajstić information content (AvgIpc) is 3.32. The van der Waals surface area contributed by atoms with Gasteiger partial charge in [0.15, 0.2) is 0 Å². The predicted molar refractivity (Wildman–Crippen MR) is 145 cm³/mol. The molecule has 35 heavy (non-hydrogen) atoms. The van der Waals surface area contributed by atoms with E-state index in [0.717, 1.165) is 71.2 Å². The number of fused-ring (bicyclic) bond motifs is 1. The van der Waals surface area contributed by atoms with Gasteiger partial charge in [0.1, 0.15) is 34.5 Å². The molecule has 1 fully saturated rings. The molecule has 1 N–H and O–H groups in total. The maximum absolute atomic E-state index is 6.48. The minimum atomic E-state index is 0.110. The number of nitrogens with zero attached hydrogens (tertiary/aromatic N) is 4. The fourth-order valence-corrected chi connectivity index (χ4v) is 4.65. The molecular weight excluding hydrogens is 458 g/mol. The summed E-state index contributed by atoms with van der Waals surface area (Å²) < 4.78 is 12.0. The maximum Gasteiger partial charge on any atom is 0.146 e. The summed E-state index contributed by atoms with van der Waals surface area (Å²) in [6, 6.07) is 4.17. The van der Waals surface area contributed by atoms with Gasteiger partial charge in [0, 0.05) is 54.2 Å². The van der Waals surface area contributed by atoms with Crippen molar-refractivity contribution in [3.63, 3.8) is 0 Å². The second-order valence-corrected chi connectivity index (χ2v) is 9.77. The third kappa shape index (κ3) is 6.52. The Bertz CT molecular complexity index is 1240. The summed E-state index contributed by atoms with van der Waals surface area (Å²) in [6.45, 7) is 8.28. The van der Waals surface area contributed by atoms with Crippen molar-refractivity contribution in [2.75, 3.05) is 32.1 Å². The van der Waals surface area contributed by atoms with Crippen LogP contribution in [-0.2, 0) is 4.74 Å². The summed E-state index contributed by atoms with van der Waals surface area (Å²) in [5, 5.41) is 5.41. The Morgan fingerprint density at radius 2 is 2.06 bits per heavy atom. The Kier molecular flexibility index (Phi) is 8.60. The molecule has 0 saturated carbocycles. The summed E-state index contributed by atoms with van der Waals surface area (Å²) in [5.41, 5.74) is 3.97. The molecule has 2 aromatic heterocycles. The topological polar surface area (TPSA) is 81.5 Å². The molecule has 1 saturated heterocycles. The van der Waals surface area contributed by atoms with Gasteiger partial charge in [-0.3, -0.25) is 4.99 Å². The Labute approximate surface area is 211 Å². The number of aliphatic imine (C=N–C) groups is 1. The second kappa shape index (κ2) is 12.0. The molecular formula is C27H33N5O2S. The van der Waals surface area contributed by atoms with Crippen LogP contribution in [0.3, 0.4) is 0 Å². The molecule has 0 amide bonds. The number of nitrogens with one attached hydrogen (secondary N) is 1. The van der Waals surface area contributed by atoms with Crippen LogP contribution in [0.4, 0.5) is 5.82 Å². The number of hydrogen-bond donors (Lipinski definition) is 1. The quantitative estimate of drug-likeness (QED) is 0.291. The van der Waals surface area contributed by atoms with E-state index in [0.29, 0.717) is 6.54 Å². The highest BCUT2D eigenvalue weighted by molar-refractivity contribution is 7.14. The molecule has 0 bridgehead atoms. The highest BCUT2D eigenvalue weighted by atomic mass is 32.1. The Morgan fingerprint density at radius 1 is 1.23 bits per heavy atom. The largest absolute Gasteiger partial charge is 0.488 e. The van der Waals surface area contributed by atoms with Gasteiger partial charge in [0.25, 0.3) is 0 Å². The fraction of sp³-hybridized carbons (Fsp3) is 0.407. The summed E-state index contributed by atoms with van der Waals surface area (Å²) in [7, 11) is 1.80. The van der Waals surface area contributed by atoms with E-state index in [4.69, 9.17) is 9.47 Å². The van der Waals surface area contributed by atoms with Crippen molar-refractivity contribution in [3.8, 4) is 16.3 Å². The Hall–Kier alpha value is -3.10. The molecule has 184 valence electrons. The van der Waals surface area contributed by atoms with Crippen LogP contribution < -0.4 is 10.1 Å². The molecule has 8 heteroatoms. The third-order valence-electron chi connectivity index (χ3n) is 5.85. The lowest BCUT2D eigenvalue weighted by molar-refractivity contribution is 0.0261. The predicted octanol–water partition coefficient (Wildman–Crippen LogP) is 6.01. The molecule has 1 aliphatic rings. The number of aryl methyl sites for hydroxylation is 1. The zero-order valence-electron chi connectivity index (χ0n) is 20.9. The van der Waals surface area contributed by atoms with Crippen LogP contribution in [0, 0.1) is 6.92 Å². The molecule has 7 nitrogen and oxygen atoms in total. The van der Waals surface area contributed by atoms with E-state index in [-0.39, 0.29) is 6.10 Å². The Balaban J connectivity index is 1.70. The van der Waals surface area contributed by atoms with Gasteiger partial charge in [-0.1, -0.05) is 19.1 Å². The highest BCUT2D eigenvalue weighted by Gasteiger charge is 2.20. The number of allylic oxidation sites excluding steroid dienone is 2. The van der Waals surface area contributed by atoms with Crippen LogP contribution >= 0.6 is 11.3 Å². The van der Waals surface area contributed by atoms with Crippen LogP contribution in [0.2, 0.25) is 0 Å². The first-order valence-corrected chi connectivity index (χ1v) is 12.9. The lowest BCUT2D eigenvalue weighted by Crippen LogP contribution is -2.26. The zero-order valence-corrected chi connectivity index (χ0v) is 21.7. The van der Waals surface area contributed by atoms with Crippen molar-refractivity contribution in [1.82, 2.24) is 15.0 Å². The second-order valence-electron chi connectivity index (χ2n) is 8.54. The smallest absolute Gasteiger partial charge is 0.146 e. The van der Waals surface area contributed by atoms with E-state index < -0.39 is 0 Å². The minimum Gasteiger partial charge on any atom is -0.488 e. The minimum absolute atomic E-state index is 0.110. The number of rotatable bonds is 9. The molecule has 0 unspecified atom stereocenters. The van der Waals surface area contributed by atoms with E-state index in [1.165, 1.54) is 10.5 Å². The maximum atomic E-state index is 6.48. The first-order chi connectivity index (χ1) is 17.1. The van der Waals surface area contributed by atoms with E-state index >= 15 is 0 Å². The van der Waals surface area contributed by atoms with Crippen molar-refractivity contribution in [2.45, 2.75) is 46.1 Å². The van der Waals surface area contributed by atoms with Crippen molar-refractivity contribution in [3.05, 3.63) is 53.3 Å². The number of benzene rings is 1. The van der Waals surface area contributed by atoms with Gasteiger partial charge < -0.3 is 14.8 Å². The number of thiazole rings is 1. The van der Waals surface area contributed by atoms with Crippen molar-refractivity contribution < 1.29 is 9.47 Å². The molecule has 4 rings (SSSR count). The number of ether oxygens (including phenoxy) is 2. The number of aromatic nitrogens is 3. The van der Waals surface area contributed by atoms with Gasteiger partial charge in [0.2, 0.25) is 0 Å². The molecule has 0 aliphatic carbocycles. The van der Waals surface area contributed by atoms with Gasteiger partial charge in [-0.15, -0.1) is 11.3 Å². The number of anilines is 1. The first kappa shape index (κ1) is 25.0. The van der Waals surface area contributed by atoms with E-state index in [1.807, 2.05) is 19.2 Å². The van der Waals surface area contributed by atoms with Crippen LogP contribution in [0.5, 0.6) is 5.75 Å². The molecule has 0 radical (unpaired) electrons. The van der Waals surface area contributed by atoms with Crippen LogP contribution in [0.15, 0.2) is 53.5 Å². The van der Waals surface area contributed by atoms with Crippen molar-refractivity contribution >= 4 is 33.8 Å². The van der Waals surface area contributed by atoms with E-state index in [2.05, 4.69) is 63.4 Å². The normalized spacial score (nSPS) is 15.8. The monoisotopic (exact) mass is 491 g/mol. The van der Waals surface area contributed by atoms with Gasteiger partial charge in [-0.05, 0) is 44.1 Å². The molecule has 1 aromatic carbocycles. The zero-order chi connectivity index (χ0) is 24.6. The molecule has 1 aliphatic heterocycles. The van der Waals surface area contributed by atoms with E-state index in [9.17, 15) is 0 Å². The van der Waals surface area contributed by atoms with Gasteiger partial charge in [-0.2, -0.15) is 0 Å². The summed E-state index contributed by atoms with van der Waals surface area (Å²) >= 11 is 1.67. The summed E-state index contributed by atoms with van der Waals surface area (Å²) in [6.07, 6.45) is 12.6. The molecule has 0 spiro atoms. The standard InChI is InChI=1S/C27H33N5O2S/c1-5-6-20(8-7-18(2)28-4)16-29-26-23-13-21(27-30-15-19(3)35-27)14-24(25(23)31-17-32-26)34-22-9-11-33-12-10-22/h6-8,13-15,17,22H,5,9-12,16H2,1-4H3,(H,29,31,32)/b8-7-,20-6-,28-18?. The molecule has 3 heterocycles. The SMILES string of the molecule is CC/C=C(/C=C\C(C)=NC)CNc1ncnc2c(OC3CCOCC3)cc(-c3ncc(C)s3)cc12. The number of hydrogen-bond acceptors (Lipinski definition) is 8. The lowest BCUT2D eigenvalue weighted by Gasteiger charge is -2.24. The van der Waals surface area contributed by atoms with Crippen molar-refractivity contribution in [1.29, 1.82) is 0 Å². The van der Waals surface area contributed by atoms with Crippen LogP contribution in [-0.4, -0.2) is 53.6 Å². The van der Waals surface area contributed by atoms with Crippen molar-refractivity contribution in [2.24, 2.45) is 4.99 Å². The Morgan fingerprint density at radius 3 is 2.77 bits per heavy atom. The third-order valence-corrected chi connectivity index (χ3v) is 6.81. The highest BCUT2D eigenvalue weighted by Crippen LogP contribution is 2.36. The van der Waals surface area contributed by atoms with E-state index in [1.54, 1.807) is 24.7 Å². The molecule has 0 atom stereocenters. The van der Waals surface area contributed by atoms with Gasteiger partial charge >= 0.3 is 0 Å². The van der Waals surface area contributed by atoms with Gasteiger partial charge in [0.05, 0.1) is 13.2 Å². The fourth-order valence-electron chi connectivity index (χ4n) is 3.90. The average molecular weight is 492 g/mol. The van der Waals surface area contributed by atoms with Gasteiger partial charge in [-0.25, -0.2) is 15.0 Å². The van der Waals surface area contributed by atoms with Crippen LogP contribution in [0.1, 0.15) is 38.0 Å². The lowest BCUT2D eigenvalue weighted by atomic mass is 10.1. The molecule has 3 aromatic rings. The van der Waals surface area contributed by atoms with Crippen LogP contribution in [0.25, 0.3) is 21.5 Å². The summed E-state index contributed by atoms with van der Waals surface area (Å²) in [4.78, 5) is 19.2. The summed E-state index contributed by atoms with van der Waals surface area (Å²) in [5.74, 6) is 1.54.